The van der Waals surface area contributed by atoms with Crippen LogP contribution in [0.15, 0.2) is 12.3 Å². The standard InChI is InChI=1S/C25H35N7O2S/c1-14-19(23-31-20-18(35-23)8-9-27-21(20)26)22(30-17-7-6-16(12-17)25(2,3)33)32-24(29-14)28-10-11-34-13-15-4-5-15/h8-9,15-17,33H,4-7,10-13H2,1-3H3,(H2,26,27)(H2,28,29,30,32). The molecule has 2 fully saturated rings. The number of nitrogens with two attached hydrogens (primary N) is 1. The number of hydrogen-bond donors (Lipinski definition) is 4. The Labute approximate surface area is 209 Å². The van der Waals surface area contributed by atoms with Crippen molar-refractivity contribution < 1.29 is 9.84 Å². The lowest BCUT2D eigenvalue weighted by Gasteiger charge is -2.25. The predicted octanol–water partition coefficient (Wildman–Crippen LogP) is 4.23. The van der Waals surface area contributed by atoms with Crippen LogP contribution in [0.1, 0.15) is 51.6 Å². The van der Waals surface area contributed by atoms with Crippen molar-refractivity contribution in [2.75, 3.05) is 36.1 Å². The van der Waals surface area contributed by atoms with Crippen molar-refractivity contribution in [2.24, 2.45) is 11.8 Å². The molecule has 10 heteroatoms. The molecule has 188 valence electrons. The lowest BCUT2D eigenvalue weighted by atomic mass is 9.89. The van der Waals surface area contributed by atoms with E-state index in [0.717, 1.165) is 58.6 Å². The van der Waals surface area contributed by atoms with Gasteiger partial charge in [0.2, 0.25) is 5.95 Å². The fourth-order valence-electron chi connectivity index (χ4n) is 4.71. The number of anilines is 3. The number of rotatable bonds is 10. The van der Waals surface area contributed by atoms with Crippen LogP contribution in [0, 0.1) is 18.8 Å². The minimum absolute atomic E-state index is 0.218. The molecule has 3 aromatic rings. The van der Waals surface area contributed by atoms with Crippen molar-refractivity contribution in [3.63, 3.8) is 0 Å². The summed E-state index contributed by atoms with van der Waals surface area (Å²) in [7, 11) is 0. The van der Waals surface area contributed by atoms with E-state index >= 15 is 0 Å². The van der Waals surface area contributed by atoms with Crippen molar-refractivity contribution in [2.45, 2.75) is 64.5 Å². The number of nitrogens with zero attached hydrogens (tertiary/aromatic N) is 4. The molecule has 3 heterocycles. The normalized spacial score (nSPS) is 20.5. The Balaban J connectivity index is 1.40. The summed E-state index contributed by atoms with van der Waals surface area (Å²) in [5, 5.41) is 18.3. The molecule has 2 aliphatic rings. The van der Waals surface area contributed by atoms with Gasteiger partial charge in [-0.3, -0.25) is 0 Å². The third kappa shape index (κ3) is 5.65. The van der Waals surface area contributed by atoms with Crippen LogP contribution >= 0.6 is 11.3 Å². The number of nitrogens with one attached hydrogen (secondary N) is 2. The summed E-state index contributed by atoms with van der Waals surface area (Å²) in [6, 6.07) is 2.15. The van der Waals surface area contributed by atoms with Crippen LogP contribution in [0.3, 0.4) is 0 Å². The second kappa shape index (κ2) is 9.83. The molecule has 2 atom stereocenters. The number of aryl methyl sites for hydroxylation is 1. The maximum Gasteiger partial charge on any atom is 0.224 e. The zero-order valence-electron chi connectivity index (χ0n) is 20.7. The first kappa shape index (κ1) is 24.1. The summed E-state index contributed by atoms with van der Waals surface area (Å²) < 4.78 is 6.73. The highest BCUT2D eigenvalue weighted by atomic mass is 32.1. The van der Waals surface area contributed by atoms with Gasteiger partial charge in [-0.25, -0.2) is 15.0 Å². The Hall–Kier alpha value is -2.56. The summed E-state index contributed by atoms with van der Waals surface area (Å²) in [4.78, 5) is 18.6. The van der Waals surface area contributed by atoms with Crippen LogP contribution < -0.4 is 16.4 Å². The average molecular weight is 498 g/mol. The van der Waals surface area contributed by atoms with Gasteiger partial charge in [-0.2, -0.15) is 4.98 Å². The third-order valence-corrected chi connectivity index (χ3v) is 8.03. The summed E-state index contributed by atoms with van der Waals surface area (Å²) in [6.45, 7) is 7.90. The molecule has 3 aromatic heterocycles. The monoisotopic (exact) mass is 497 g/mol. The molecule has 0 spiro atoms. The van der Waals surface area contributed by atoms with Gasteiger partial charge >= 0.3 is 0 Å². The van der Waals surface area contributed by atoms with Crippen molar-refractivity contribution in [3.05, 3.63) is 18.0 Å². The first-order valence-electron chi connectivity index (χ1n) is 12.5. The Morgan fingerprint density at radius 3 is 2.74 bits per heavy atom. The molecule has 0 radical (unpaired) electrons. The highest BCUT2D eigenvalue weighted by Crippen LogP contribution is 2.40. The lowest BCUT2D eigenvalue weighted by molar-refractivity contribution is 0.0197. The number of thiazole rings is 1. The molecule has 0 amide bonds. The van der Waals surface area contributed by atoms with E-state index in [1.54, 1.807) is 17.5 Å². The number of fused-ring (bicyclic) bond motifs is 1. The minimum atomic E-state index is -0.689. The maximum absolute atomic E-state index is 10.5. The Morgan fingerprint density at radius 1 is 1.20 bits per heavy atom. The van der Waals surface area contributed by atoms with E-state index in [1.165, 1.54) is 12.8 Å². The Kier molecular flexibility index (Phi) is 6.78. The Morgan fingerprint density at radius 2 is 2.03 bits per heavy atom. The van der Waals surface area contributed by atoms with Gasteiger partial charge in [-0.1, -0.05) is 0 Å². The molecule has 9 nitrogen and oxygen atoms in total. The van der Waals surface area contributed by atoms with E-state index in [4.69, 9.17) is 25.4 Å². The summed E-state index contributed by atoms with van der Waals surface area (Å²) >= 11 is 1.56. The SMILES string of the molecule is Cc1nc(NCCOCC2CC2)nc(NC2CCC(C(C)(C)O)C2)c1-c1nc2c(N)nccc2s1. The molecule has 2 aliphatic carbocycles. The zero-order chi connectivity index (χ0) is 24.6. The van der Waals surface area contributed by atoms with Gasteiger partial charge in [-0.15, -0.1) is 11.3 Å². The van der Waals surface area contributed by atoms with Crippen LogP contribution in [0.4, 0.5) is 17.6 Å². The van der Waals surface area contributed by atoms with E-state index in [1.807, 2.05) is 26.8 Å². The van der Waals surface area contributed by atoms with E-state index in [9.17, 15) is 5.11 Å². The van der Waals surface area contributed by atoms with E-state index < -0.39 is 5.60 Å². The molecule has 0 aromatic carbocycles. The van der Waals surface area contributed by atoms with Crippen LogP contribution in [0.25, 0.3) is 20.8 Å². The predicted molar refractivity (Wildman–Crippen MR) is 141 cm³/mol. The smallest absolute Gasteiger partial charge is 0.224 e. The first-order chi connectivity index (χ1) is 16.8. The summed E-state index contributed by atoms with van der Waals surface area (Å²) in [5.41, 5.74) is 7.82. The summed E-state index contributed by atoms with van der Waals surface area (Å²) in [5.74, 6) is 2.75. The Bertz CT molecular complexity index is 1190. The number of aromatic nitrogens is 4. The second-order valence-electron chi connectivity index (χ2n) is 10.4. The average Bonchev–Trinajstić information content (AvgIpc) is 3.30. The number of hydrogen-bond acceptors (Lipinski definition) is 10. The lowest BCUT2D eigenvalue weighted by Crippen LogP contribution is -2.30. The van der Waals surface area contributed by atoms with Crippen LogP contribution in [-0.4, -0.2) is 56.4 Å². The molecule has 2 saturated carbocycles. The van der Waals surface area contributed by atoms with Gasteiger partial charge in [0.05, 0.1) is 28.2 Å². The van der Waals surface area contributed by atoms with Crippen molar-refractivity contribution in [1.82, 2.24) is 19.9 Å². The van der Waals surface area contributed by atoms with E-state index in [0.29, 0.717) is 30.4 Å². The molecular weight excluding hydrogens is 462 g/mol. The van der Waals surface area contributed by atoms with Gasteiger partial charge in [-0.05, 0) is 70.8 Å². The van der Waals surface area contributed by atoms with Crippen LogP contribution in [0.2, 0.25) is 0 Å². The fourth-order valence-corrected chi connectivity index (χ4v) is 5.78. The first-order valence-corrected chi connectivity index (χ1v) is 13.3. The van der Waals surface area contributed by atoms with Crippen molar-refractivity contribution in [1.29, 1.82) is 0 Å². The molecule has 35 heavy (non-hydrogen) atoms. The van der Waals surface area contributed by atoms with Gasteiger partial charge in [0.1, 0.15) is 16.3 Å². The number of pyridine rings is 1. The maximum atomic E-state index is 10.5. The van der Waals surface area contributed by atoms with Crippen LogP contribution in [-0.2, 0) is 4.74 Å². The number of aliphatic hydroxyl groups is 1. The highest BCUT2D eigenvalue weighted by molar-refractivity contribution is 7.21. The molecule has 0 bridgehead atoms. The van der Waals surface area contributed by atoms with Gasteiger partial charge in [0.15, 0.2) is 5.82 Å². The fraction of sp³-hybridized carbons (Fsp3) is 0.600. The molecule has 2 unspecified atom stereocenters. The quantitative estimate of drug-likeness (QED) is 0.304. The van der Waals surface area contributed by atoms with E-state index in [2.05, 4.69) is 15.6 Å². The number of nitrogen functional groups attached to an aromatic ring is 1. The van der Waals surface area contributed by atoms with Crippen LogP contribution in [0.5, 0.6) is 0 Å². The molecular formula is C25H35N7O2S. The number of ether oxygens (including phenoxy) is 1. The molecule has 5 N–H and O–H groups in total. The summed E-state index contributed by atoms with van der Waals surface area (Å²) in [6.07, 6.45) is 7.12. The van der Waals surface area contributed by atoms with Crippen molar-refractivity contribution in [3.8, 4) is 10.6 Å². The van der Waals surface area contributed by atoms with Crippen molar-refractivity contribution >= 4 is 39.1 Å². The molecule has 5 rings (SSSR count). The topological polar surface area (TPSA) is 131 Å². The third-order valence-electron chi connectivity index (χ3n) is 6.99. The largest absolute Gasteiger partial charge is 0.390 e. The highest BCUT2D eigenvalue weighted by Gasteiger charge is 2.35. The van der Waals surface area contributed by atoms with Gasteiger partial charge < -0.3 is 26.2 Å². The molecule has 0 aliphatic heterocycles. The second-order valence-corrected chi connectivity index (χ2v) is 11.4. The van der Waals surface area contributed by atoms with Gasteiger partial charge in [0, 0.05) is 25.4 Å². The molecule has 0 saturated heterocycles. The minimum Gasteiger partial charge on any atom is -0.390 e. The van der Waals surface area contributed by atoms with E-state index in [-0.39, 0.29) is 12.0 Å². The van der Waals surface area contributed by atoms with Gasteiger partial charge in [0.25, 0.3) is 0 Å². The zero-order valence-corrected chi connectivity index (χ0v) is 21.5.